The van der Waals surface area contributed by atoms with Crippen LogP contribution in [0, 0.1) is 5.41 Å². The van der Waals surface area contributed by atoms with E-state index in [0.717, 1.165) is 25.9 Å². The molecule has 1 fully saturated rings. The van der Waals surface area contributed by atoms with E-state index in [-0.39, 0.29) is 17.9 Å². The average molecular weight is 242 g/mol. The van der Waals surface area contributed by atoms with Crippen LogP contribution < -0.4 is 5.32 Å². The van der Waals surface area contributed by atoms with Gasteiger partial charge in [-0.05, 0) is 24.7 Å². The minimum atomic E-state index is -0.821. The van der Waals surface area contributed by atoms with Crippen molar-refractivity contribution in [2.75, 3.05) is 19.6 Å². The Hall–Kier alpha value is -1.26. The van der Waals surface area contributed by atoms with Crippen molar-refractivity contribution in [1.82, 2.24) is 10.2 Å². The molecule has 2 amide bonds. The Kier molecular flexibility index (Phi) is 4.78. The van der Waals surface area contributed by atoms with Crippen LogP contribution in [0.3, 0.4) is 0 Å². The molecule has 0 radical (unpaired) electrons. The van der Waals surface area contributed by atoms with E-state index in [4.69, 9.17) is 5.11 Å². The van der Waals surface area contributed by atoms with Crippen molar-refractivity contribution in [1.29, 1.82) is 0 Å². The van der Waals surface area contributed by atoms with Gasteiger partial charge in [0.25, 0.3) is 0 Å². The van der Waals surface area contributed by atoms with E-state index in [1.165, 1.54) is 0 Å². The largest absolute Gasteiger partial charge is 0.481 e. The van der Waals surface area contributed by atoms with Crippen LogP contribution in [0.15, 0.2) is 0 Å². The van der Waals surface area contributed by atoms with Crippen molar-refractivity contribution < 1.29 is 14.7 Å². The normalized spacial score (nSPS) is 18.8. The smallest absolute Gasteiger partial charge is 0.317 e. The lowest BCUT2D eigenvalue weighted by Gasteiger charge is -2.37. The molecular weight excluding hydrogens is 220 g/mol. The van der Waals surface area contributed by atoms with E-state index in [2.05, 4.69) is 19.2 Å². The van der Waals surface area contributed by atoms with Crippen molar-refractivity contribution in [2.24, 2.45) is 5.41 Å². The number of amides is 2. The topological polar surface area (TPSA) is 69.6 Å². The maximum absolute atomic E-state index is 11.8. The van der Waals surface area contributed by atoms with Crippen LogP contribution in [0.2, 0.25) is 0 Å². The Morgan fingerprint density at radius 1 is 1.41 bits per heavy atom. The van der Waals surface area contributed by atoms with Crippen LogP contribution >= 0.6 is 0 Å². The van der Waals surface area contributed by atoms with Crippen LogP contribution in [0.5, 0.6) is 0 Å². The number of likely N-dealkylation sites (tertiary alicyclic amines) is 1. The molecule has 0 bridgehead atoms. The number of carbonyl (C=O) groups excluding carboxylic acids is 1. The van der Waals surface area contributed by atoms with Crippen molar-refractivity contribution >= 4 is 12.0 Å². The molecule has 0 aromatic carbocycles. The first kappa shape index (κ1) is 13.8. The molecule has 0 aliphatic carbocycles. The number of rotatable bonds is 4. The summed E-state index contributed by atoms with van der Waals surface area (Å²) in [5, 5.41) is 11.2. The minimum absolute atomic E-state index is 0.0665. The third-order valence-electron chi connectivity index (χ3n) is 3.03. The third kappa shape index (κ3) is 5.06. The lowest BCUT2D eigenvalue weighted by molar-refractivity contribution is -0.137. The molecule has 5 heteroatoms. The Labute approximate surface area is 102 Å². The van der Waals surface area contributed by atoms with Gasteiger partial charge in [0.2, 0.25) is 0 Å². The van der Waals surface area contributed by atoms with Crippen LogP contribution in [-0.2, 0) is 4.79 Å². The van der Waals surface area contributed by atoms with Gasteiger partial charge in [-0.15, -0.1) is 0 Å². The summed E-state index contributed by atoms with van der Waals surface area (Å²) in [5.41, 5.74) is 0.191. The number of aliphatic carboxylic acids is 1. The Morgan fingerprint density at radius 3 is 2.71 bits per heavy atom. The molecule has 0 unspecified atom stereocenters. The van der Waals surface area contributed by atoms with Gasteiger partial charge in [0.05, 0.1) is 0 Å². The van der Waals surface area contributed by atoms with Gasteiger partial charge in [0, 0.05) is 26.1 Å². The Bertz CT molecular complexity index is 289. The maximum atomic E-state index is 11.8. The molecule has 0 spiro atoms. The van der Waals surface area contributed by atoms with Gasteiger partial charge in [-0.2, -0.15) is 0 Å². The zero-order valence-corrected chi connectivity index (χ0v) is 10.7. The Morgan fingerprint density at radius 2 is 2.12 bits per heavy atom. The molecule has 0 aromatic heterocycles. The van der Waals surface area contributed by atoms with Gasteiger partial charge in [-0.1, -0.05) is 13.8 Å². The van der Waals surface area contributed by atoms with E-state index < -0.39 is 5.97 Å². The summed E-state index contributed by atoms with van der Waals surface area (Å²) in [6.07, 6.45) is 2.77. The molecular formula is C12H22N2O3. The summed E-state index contributed by atoms with van der Waals surface area (Å²) >= 11 is 0. The highest BCUT2D eigenvalue weighted by Gasteiger charge is 2.28. The van der Waals surface area contributed by atoms with E-state index in [1.807, 2.05) is 4.90 Å². The Balaban J connectivity index is 2.25. The van der Waals surface area contributed by atoms with Crippen LogP contribution in [0.1, 0.15) is 39.5 Å². The highest BCUT2D eigenvalue weighted by molar-refractivity contribution is 5.74. The molecule has 0 atom stereocenters. The zero-order valence-electron chi connectivity index (χ0n) is 10.7. The summed E-state index contributed by atoms with van der Waals surface area (Å²) in [4.78, 5) is 23.9. The second kappa shape index (κ2) is 5.89. The number of nitrogens with one attached hydrogen (secondary N) is 1. The number of urea groups is 1. The molecule has 1 heterocycles. The molecule has 98 valence electrons. The maximum Gasteiger partial charge on any atom is 0.317 e. The molecule has 1 aliphatic rings. The molecule has 1 saturated heterocycles. The average Bonchev–Trinajstić information content (AvgIpc) is 2.22. The number of carboxylic acids is 1. The fourth-order valence-corrected chi connectivity index (χ4v) is 2.14. The minimum Gasteiger partial charge on any atom is -0.481 e. The first-order valence-electron chi connectivity index (χ1n) is 6.15. The lowest BCUT2D eigenvalue weighted by Crippen LogP contribution is -2.48. The standard InChI is InChI=1S/C12H22N2O3/c1-12(2)6-4-8-14(9-12)11(17)13-7-3-5-10(15)16/h3-9H2,1-2H3,(H,13,17)(H,15,16). The summed E-state index contributed by atoms with van der Waals surface area (Å²) in [7, 11) is 0. The number of hydrogen-bond acceptors (Lipinski definition) is 2. The van der Waals surface area contributed by atoms with Crippen LogP contribution in [-0.4, -0.2) is 41.6 Å². The van der Waals surface area contributed by atoms with E-state index >= 15 is 0 Å². The van der Waals surface area contributed by atoms with Crippen LogP contribution in [0.4, 0.5) is 4.79 Å². The SMILES string of the molecule is CC1(C)CCCN(C(=O)NCCCC(=O)O)C1. The zero-order chi connectivity index (χ0) is 12.9. The van der Waals surface area contributed by atoms with Crippen molar-refractivity contribution in [2.45, 2.75) is 39.5 Å². The lowest BCUT2D eigenvalue weighted by atomic mass is 9.84. The number of hydrogen-bond donors (Lipinski definition) is 2. The van der Waals surface area contributed by atoms with Gasteiger partial charge >= 0.3 is 12.0 Å². The van der Waals surface area contributed by atoms with Gasteiger partial charge < -0.3 is 15.3 Å². The molecule has 17 heavy (non-hydrogen) atoms. The predicted octanol–water partition coefficient (Wildman–Crippen LogP) is 1.68. The summed E-state index contributed by atoms with van der Waals surface area (Å²) in [5.74, 6) is -0.821. The fourth-order valence-electron chi connectivity index (χ4n) is 2.14. The molecule has 0 saturated carbocycles. The van der Waals surface area contributed by atoms with Crippen molar-refractivity contribution in [3.63, 3.8) is 0 Å². The van der Waals surface area contributed by atoms with Gasteiger partial charge in [0.15, 0.2) is 0 Å². The molecule has 2 N–H and O–H groups in total. The van der Waals surface area contributed by atoms with Gasteiger partial charge in [0.1, 0.15) is 0 Å². The van der Waals surface area contributed by atoms with Crippen molar-refractivity contribution in [3.05, 3.63) is 0 Å². The quantitative estimate of drug-likeness (QED) is 0.737. The highest BCUT2D eigenvalue weighted by atomic mass is 16.4. The van der Waals surface area contributed by atoms with Crippen LogP contribution in [0.25, 0.3) is 0 Å². The van der Waals surface area contributed by atoms with Gasteiger partial charge in [-0.25, -0.2) is 4.79 Å². The summed E-state index contributed by atoms with van der Waals surface area (Å²) < 4.78 is 0. The summed E-state index contributed by atoms with van der Waals surface area (Å²) in [6, 6.07) is -0.0665. The van der Waals surface area contributed by atoms with Gasteiger partial charge in [-0.3, -0.25) is 4.79 Å². The number of piperidine rings is 1. The number of nitrogens with zero attached hydrogens (tertiary/aromatic N) is 1. The van der Waals surface area contributed by atoms with Crippen molar-refractivity contribution in [3.8, 4) is 0 Å². The van der Waals surface area contributed by atoms with E-state index in [0.29, 0.717) is 13.0 Å². The number of carboxylic acid groups (broad SMARTS) is 1. The molecule has 1 aliphatic heterocycles. The molecule has 1 rings (SSSR count). The van der Waals surface area contributed by atoms with E-state index in [1.54, 1.807) is 0 Å². The summed E-state index contributed by atoms with van der Waals surface area (Å²) in [6.45, 7) is 6.34. The first-order valence-corrected chi connectivity index (χ1v) is 6.15. The second-order valence-corrected chi connectivity index (χ2v) is 5.42. The molecule has 0 aromatic rings. The third-order valence-corrected chi connectivity index (χ3v) is 3.03. The monoisotopic (exact) mass is 242 g/mol. The predicted molar refractivity (Wildman–Crippen MR) is 64.9 cm³/mol. The highest BCUT2D eigenvalue weighted by Crippen LogP contribution is 2.28. The number of carbonyl (C=O) groups is 2. The molecule has 5 nitrogen and oxygen atoms in total. The first-order chi connectivity index (χ1) is 7.91. The van der Waals surface area contributed by atoms with E-state index in [9.17, 15) is 9.59 Å². The fraction of sp³-hybridized carbons (Fsp3) is 0.833. The second-order valence-electron chi connectivity index (χ2n) is 5.42.